The largest absolute Gasteiger partial charge is 0.409 e. The van der Waals surface area contributed by atoms with Crippen molar-refractivity contribution in [1.29, 1.82) is 0 Å². The van der Waals surface area contributed by atoms with Crippen LogP contribution >= 0.6 is 11.3 Å². The molecule has 1 aliphatic rings. The van der Waals surface area contributed by atoms with Gasteiger partial charge < -0.3 is 15.8 Å². The summed E-state index contributed by atoms with van der Waals surface area (Å²) in [6.45, 7) is 3.11. The molecule has 1 unspecified atom stereocenters. The summed E-state index contributed by atoms with van der Waals surface area (Å²) in [5, 5.41) is 13.9. The lowest BCUT2D eigenvalue weighted by molar-refractivity contribution is 0.318. The van der Waals surface area contributed by atoms with Gasteiger partial charge in [-0.15, -0.1) is 11.3 Å². The zero-order chi connectivity index (χ0) is 14.1. The molecule has 0 aliphatic carbocycles. The molecule has 3 rings (SSSR count). The highest BCUT2D eigenvalue weighted by Crippen LogP contribution is 2.35. The lowest BCUT2D eigenvalue weighted by Crippen LogP contribution is -2.34. The first-order valence-corrected chi connectivity index (χ1v) is 7.36. The van der Waals surface area contributed by atoms with Gasteiger partial charge in [-0.05, 0) is 42.5 Å². The Kier molecular flexibility index (Phi) is 3.31. The van der Waals surface area contributed by atoms with E-state index >= 15 is 0 Å². The predicted molar refractivity (Wildman–Crippen MR) is 80.5 cm³/mol. The second-order valence-electron chi connectivity index (χ2n) is 4.78. The molecule has 1 aliphatic heterocycles. The average Bonchev–Trinajstić information content (AvgIpc) is 2.96. The fourth-order valence-electron chi connectivity index (χ4n) is 2.60. The molecule has 20 heavy (non-hydrogen) atoms. The van der Waals surface area contributed by atoms with Crippen LogP contribution in [0.1, 0.15) is 29.1 Å². The van der Waals surface area contributed by atoms with Crippen molar-refractivity contribution < 1.29 is 5.21 Å². The highest BCUT2D eigenvalue weighted by atomic mass is 32.1. The van der Waals surface area contributed by atoms with Crippen molar-refractivity contribution in [2.45, 2.75) is 19.4 Å². The van der Waals surface area contributed by atoms with Crippen molar-refractivity contribution in [3.05, 3.63) is 45.8 Å². The van der Waals surface area contributed by atoms with Crippen molar-refractivity contribution in [3.8, 4) is 0 Å². The zero-order valence-electron chi connectivity index (χ0n) is 11.2. The number of nitrogens with zero attached hydrogens (tertiary/aromatic N) is 3. The predicted octanol–water partition coefficient (Wildman–Crippen LogP) is 2.36. The van der Waals surface area contributed by atoms with E-state index in [0.29, 0.717) is 11.7 Å². The number of hydrogen-bond donors (Lipinski definition) is 2. The first-order valence-electron chi connectivity index (χ1n) is 6.48. The smallest absolute Gasteiger partial charge is 0.188 e. The number of anilines is 1. The normalized spacial score (nSPS) is 18.9. The number of rotatable bonds is 2. The fourth-order valence-corrected chi connectivity index (χ4v) is 3.56. The number of thiophene rings is 1. The number of oxime groups is 1. The summed E-state index contributed by atoms with van der Waals surface area (Å²) in [5.74, 6) is 0.895. The summed E-state index contributed by atoms with van der Waals surface area (Å²) >= 11 is 1.82. The maximum atomic E-state index is 8.75. The summed E-state index contributed by atoms with van der Waals surface area (Å²) < 4.78 is 0. The van der Waals surface area contributed by atoms with Crippen LogP contribution in [0.4, 0.5) is 5.82 Å². The van der Waals surface area contributed by atoms with E-state index in [1.807, 2.05) is 23.5 Å². The van der Waals surface area contributed by atoms with Crippen LogP contribution in [0.5, 0.6) is 0 Å². The third-order valence-corrected chi connectivity index (χ3v) is 4.67. The summed E-state index contributed by atoms with van der Waals surface area (Å²) in [6, 6.07) is 8.06. The van der Waals surface area contributed by atoms with E-state index in [-0.39, 0.29) is 5.84 Å². The van der Waals surface area contributed by atoms with Crippen LogP contribution in [0.15, 0.2) is 34.8 Å². The molecule has 3 heterocycles. The second kappa shape index (κ2) is 5.13. The van der Waals surface area contributed by atoms with E-state index in [9.17, 15) is 0 Å². The van der Waals surface area contributed by atoms with Crippen molar-refractivity contribution in [1.82, 2.24) is 4.98 Å². The van der Waals surface area contributed by atoms with Crippen LogP contribution in [0, 0.1) is 0 Å². The standard InChI is InChI=1S/C14H16N4OS/c1-9-10-6-8-20-12(10)5-7-18(9)13-4-2-3-11(16-13)14(15)17-19/h2-4,6,8-9,19H,5,7H2,1H3,(H2,15,17). The van der Waals surface area contributed by atoms with Crippen molar-refractivity contribution in [2.75, 3.05) is 11.4 Å². The molecule has 2 aromatic heterocycles. The Labute approximate surface area is 121 Å². The first kappa shape index (κ1) is 12.9. The number of pyridine rings is 1. The molecule has 0 saturated carbocycles. The molecule has 5 nitrogen and oxygen atoms in total. The van der Waals surface area contributed by atoms with Gasteiger partial charge in [-0.2, -0.15) is 0 Å². The summed E-state index contributed by atoms with van der Waals surface area (Å²) in [6.07, 6.45) is 1.03. The van der Waals surface area contributed by atoms with Crippen LogP contribution in [-0.4, -0.2) is 22.6 Å². The molecule has 0 radical (unpaired) electrons. The quantitative estimate of drug-likeness (QED) is 0.385. The fraction of sp³-hybridized carbons (Fsp3) is 0.286. The minimum Gasteiger partial charge on any atom is -0.409 e. The van der Waals surface area contributed by atoms with Crippen LogP contribution < -0.4 is 10.6 Å². The Morgan fingerprint density at radius 2 is 2.35 bits per heavy atom. The minimum atomic E-state index is 0.0349. The van der Waals surface area contributed by atoms with Gasteiger partial charge in [0, 0.05) is 11.4 Å². The summed E-state index contributed by atoms with van der Waals surface area (Å²) in [4.78, 5) is 8.20. The van der Waals surface area contributed by atoms with Crippen LogP contribution in [0.3, 0.4) is 0 Å². The van der Waals surface area contributed by atoms with Crippen LogP contribution in [-0.2, 0) is 6.42 Å². The molecule has 3 N–H and O–H groups in total. The van der Waals surface area contributed by atoms with Gasteiger partial charge in [0.1, 0.15) is 11.5 Å². The molecule has 0 amide bonds. The van der Waals surface area contributed by atoms with Crippen molar-refractivity contribution in [3.63, 3.8) is 0 Å². The van der Waals surface area contributed by atoms with Gasteiger partial charge >= 0.3 is 0 Å². The molecule has 1 atom stereocenters. The van der Waals surface area contributed by atoms with Gasteiger partial charge in [0.25, 0.3) is 0 Å². The zero-order valence-corrected chi connectivity index (χ0v) is 12.0. The molecule has 104 valence electrons. The molecule has 0 bridgehead atoms. The molecular weight excluding hydrogens is 272 g/mol. The number of nitrogens with two attached hydrogens (primary N) is 1. The number of hydrogen-bond acceptors (Lipinski definition) is 5. The molecule has 0 spiro atoms. The lowest BCUT2D eigenvalue weighted by atomic mass is 10.0. The molecule has 0 aromatic carbocycles. The molecule has 6 heteroatoms. The van der Waals surface area contributed by atoms with Gasteiger partial charge in [0.15, 0.2) is 5.84 Å². The maximum absolute atomic E-state index is 8.75. The highest BCUT2D eigenvalue weighted by Gasteiger charge is 2.25. The van der Waals surface area contributed by atoms with Gasteiger partial charge in [-0.25, -0.2) is 4.98 Å². The Morgan fingerprint density at radius 1 is 1.50 bits per heavy atom. The van der Waals surface area contributed by atoms with Gasteiger partial charge in [-0.1, -0.05) is 11.2 Å². The van der Waals surface area contributed by atoms with E-state index in [2.05, 4.69) is 33.4 Å². The number of fused-ring (bicyclic) bond motifs is 1. The van der Waals surface area contributed by atoms with Gasteiger partial charge in [-0.3, -0.25) is 0 Å². The van der Waals surface area contributed by atoms with Crippen molar-refractivity contribution >= 4 is 23.0 Å². The Balaban J connectivity index is 1.94. The maximum Gasteiger partial charge on any atom is 0.188 e. The lowest BCUT2D eigenvalue weighted by Gasteiger charge is -2.34. The highest BCUT2D eigenvalue weighted by molar-refractivity contribution is 7.10. The minimum absolute atomic E-state index is 0.0349. The number of amidine groups is 1. The molecule has 0 saturated heterocycles. The van der Waals surface area contributed by atoms with Crippen LogP contribution in [0.25, 0.3) is 0 Å². The van der Waals surface area contributed by atoms with Gasteiger partial charge in [0.2, 0.25) is 0 Å². The first-order chi connectivity index (χ1) is 9.70. The summed E-state index contributed by atoms with van der Waals surface area (Å²) in [5.41, 5.74) is 7.47. The Hall–Kier alpha value is -2.08. The second-order valence-corrected chi connectivity index (χ2v) is 5.79. The molecule has 2 aromatic rings. The van der Waals surface area contributed by atoms with E-state index in [1.54, 1.807) is 6.07 Å². The molecular formula is C14H16N4OS. The Morgan fingerprint density at radius 3 is 3.15 bits per heavy atom. The van der Waals surface area contributed by atoms with Gasteiger partial charge in [0.05, 0.1) is 6.04 Å². The van der Waals surface area contributed by atoms with E-state index in [4.69, 9.17) is 10.9 Å². The van der Waals surface area contributed by atoms with E-state index in [0.717, 1.165) is 18.8 Å². The van der Waals surface area contributed by atoms with E-state index < -0.39 is 0 Å². The van der Waals surface area contributed by atoms with Crippen LogP contribution in [0.2, 0.25) is 0 Å². The molecule has 0 fully saturated rings. The third kappa shape index (κ3) is 2.12. The third-order valence-electron chi connectivity index (χ3n) is 3.68. The SMILES string of the molecule is CC1c2ccsc2CCN1c1cccc(C(N)=NO)n1. The average molecular weight is 288 g/mol. The topological polar surface area (TPSA) is 74.7 Å². The number of aromatic nitrogens is 1. The Bertz CT molecular complexity index is 652. The monoisotopic (exact) mass is 288 g/mol. The van der Waals surface area contributed by atoms with E-state index in [1.165, 1.54) is 10.4 Å². The summed E-state index contributed by atoms with van der Waals surface area (Å²) in [7, 11) is 0. The van der Waals surface area contributed by atoms with Crippen molar-refractivity contribution in [2.24, 2.45) is 10.9 Å².